The average Bonchev–Trinajstić information content (AvgIpc) is 3.78. The Balaban J connectivity index is 1.65. The van der Waals surface area contributed by atoms with E-state index >= 15 is 0 Å². The Morgan fingerprint density at radius 2 is 1.86 bits per heavy atom. The fraction of sp³-hybridized carbons (Fsp3) is 0.226. The van der Waals surface area contributed by atoms with Crippen molar-refractivity contribution in [2.45, 2.75) is 48.4 Å². The van der Waals surface area contributed by atoms with E-state index in [2.05, 4.69) is 4.98 Å². The summed E-state index contributed by atoms with van der Waals surface area (Å²) in [6.07, 6.45) is 2.40. The largest absolute Gasteiger partial charge is 0.493 e. The van der Waals surface area contributed by atoms with Crippen LogP contribution in [0.1, 0.15) is 59.5 Å². The first kappa shape index (κ1) is 28.7. The zero-order valence-electron chi connectivity index (χ0n) is 22.6. The van der Waals surface area contributed by atoms with Gasteiger partial charge in [-0.2, -0.15) is 10.2 Å². The summed E-state index contributed by atoms with van der Waals surface area (Å²) in [6.45, 7) is 1.76. The maximum atomic E-state index is 14.4. The van der Waals surface area contributed by atoms with E-state index < -0.39 is 43.9 Å². The second-order valence-corrected chi connectivity index (χ2v) is 12.1. The van der Waals surface area contributed by atoms with Crippen molar-refractivity contribution in [3.05, 3.63) is 105 Å². The molecule has 1 aromatic heterocycles. The quantitative estimate of drug-likeness (QED) is 0.292. The van der Waals surface area contributed by atoms with Crippen LogP contribution in [0, 0.1) is 23.1 Å². The summed E-state index contributed by atoms with van der Waals surface area (Å²) in [5, 5.41) is 20.9. The highest BCUT2D eigenvalue weighted by Crippen LogP contribution is 2.38. The van der Waals surface area contributed by atoms with Crippen molar-refractivity contribution in [2.24, 2.45) is 11.7 Å². The van der Waals surface area contributed by atoms with Crippen molar-refractivity contribution in [1.29, 1.82) is 5.26 Å². The molecule has 0 bridgehead atoms. The van der Waals surface area contributed by atoms with Crippen LogP contribution in [0.5, 0.6) is 5.88 Å². The minimum Gasteiger partial charge on any atom is -0.493 e. The van der Waals surface area contributed by atoms with Gasteiger partial charge in [-0.3, -0.25) is 14.2 Å². The molecular weight excluding hydrogens is 559 g/mol. The van der Waals surface area contributed by atoms with Crippen LogP contribution in [0.4, 0.5) is 4.39 Å². The van der Waals surface area contributed by atoms with Crippen LogP contribution in [0.2, 0.25) is 0 Å². The monoisotopic (exact) mass is 586 g/mol. The number of sulfone groups is 1. The standard InChI is InChI=1S/C31H27FN4O5S/c1-2-26(21-13-19(17-33)14-22(32)16-21)36-27(15-18-7-8-18)35-30(38)28(31(36)39)42(40,41)23-11-9-20(10-12-23)24-5-3-4-6-25(24)29(34)37/h3-6,9-14,16,18,26,39H,2,7-8,15H2,1H3,(H2,34,37)/t26-/m0/s1. The van der Waals surface area contributed by atoms with E-state index in [1.165, 1.54) is 41.0 Å². The van der Waals surface area contributed by atoms with Gasteiger partial charge in [0.1, 0.15) is 11.6 Å². The molecule has 5 rings (SSSR count). The van der Waals surface area contributed by atoms with Gasteiger partial charge in [0.05, 0.1) is 22.6 Å². The zero-order chi connectivity index (χ0) is 30.2. The molecule has 3 N–H and O–H groups in total. The van der Waals surface area contributed by atoms with Gasteiger partial charge in [-0.25, -0.2) is 12.8 Å². The van der Waals surface area contributed by atoms with E-state index in [1.54, 1.807) is 31.2 Å². The molecule has 1 aliphatic carbocycles. The number of halogens is 1. The van der Waals surface area contributed by atoms with Gasteiger partial charge in [-0.1, -0.05) is 37.3 Å². The van der Waals surface area contributed by atoms with Crippen molar-refractivity contribution in [2.75, 3.05) is 0 Å². The number of carbonyl (C=O) groups is 1. The Bertz CT molecular complexity index is 1910. The molecule has 0 radical (unpaired) electrons. The normalized spacial score (nSPS) is 13.8. The highest BCUT2D eigenvalue weighted by atomic mass is 32.2. The Morgan fingerprint density at radius 3 is 2.48 bits per heavy atom. The Labute approximate surface area is 241 Å². The second-order valence-electron chi connectivity index (χ2n) is 10.3. The van der Waals surface area contributed by atoms with Gasteiger partial charge >= 0.3 is 0 Å². The lowest BCUT2D eigenvalue weighted by molar-refractivity contribution is 0.100. The topological polar surface area (TPSA) is 156 Å². The summed E-state index contributed by atoms with van der Waals surface area (Å²) in [7, 11) is -4.59. The smallest absolute Gasteiger partial charge is 0.296 e. The number of aromatic hydroxyl groups is 1. The van der Waals surface area contributed by atoms with Crippen LogP contribution in [-0.4, -0.2) is 29.0 Å². The number of primary amides is 1. The molecule has 1 saturated carbocycles. The molecule has 0 unspecified atom stereocenters. The summed E-state index contributed by atoms with van der Waals surface area (Å²) in [6, 6.07) is 16.9. The third kappa shape index (κ3) is 5.41. The van der Waals surface area contributed by atoms with Crippen molar-refractivity contribution in [3.63, 3.8) is 0 Å². The molecule has 4 aromatic rings. The fourth-order valence-corrected chi connectivity index (χ4v) is 6.50. The maximum Gasteiger partial charge on any atom is 0.296 e. The molecule has 0 saturated heterocycles. The summed E-state index contributed by atoms with van der Waals surface area (Å²) in [5.74, 6) is -1.70. The van der Waals surface area contributed by atoms with E-state index in [9.17, 15) is 32.8 Å². The molecule has 1 atom stereocenters. The molecule has 42 heavy (non-hydrogen) atoms. The van der Waals surface area contributed by atoms with Gasteiger partial charge in [0.25, 0.3) is 5.56 Å². The number of amides is 1. The predicted octanol–water partition coefficient (Wildman–Crippen LogP) is 4.51. The minimum absolute atomic E-state index is 0.0616. The number of hydrogen-bond donors (Lipinski definition) is 2. The van der Waals surface area contributed by atoms with Crippen LogP contribution in [0.15, 0.2) is 81.3 Å². The lowest BCUT2D eigenvalue weighted by Gasteiger charge is -2.25. The summed E-state index contributed by atoms with van der Waals surface area (Å²) >= 11 is 0. The summed E-state index contributed by atoms with van der Waals surface area (Å²) in [4.78, 5) is 28.0. The third-order valence-corrected chi connectivity index (χ3v) is 9.16. The molecule has 9 nitrogen and oxygen atoms in total. The van der Waals surface area contributed by atoms with Crippen LogP contribution in [0.3, 0.4) is 0 Å². The summed E-state index contributed by atoms with van der Waals surface area (Å²) < 4.78 is 43.3. The van der Waals surface area contributed by atoms with Crippen LogP contribution >= 0.6 is 0 Å². The van der Waals surface area contributed by atoms with Crippen molar-refractivity contribution in [1.82, 2.24) is 9.55 Å². The molecule has 214 valence electrons. The van der Waals surface area contributed by atoms with E-state index in [0.717, 1.165) is 18.9 Å². The first-order valence-electron chi connectivity index (χ1n) is 13.3. The van der Waals surface area contributed by atoms with Crippen LogP contribution in [-0.2, 0) is 16.3 Å². The summed E-state index contributed by atoms with van der Waals surface area (Å²) in [5.41, 5.74) is 6.05. The van der Waals surface area contributed by atoms with Gasteiger partial charge in [0.15, 0.2) is 4.90 Å². The highest BCUT2D eigenvalue weighted by molar-refractivity contribution is 7.91. The second kappa shape index (κ2) is 11.2. The van der Waals surface area contributed by atoms with Crippen molar-refractivity contribution in [3.8, 4) is 23.1 Å². The van der Waals surface area contributed by atoms with E-state index in [4.69, 9.17) is 5.73 Å². The van der Waals surface area contributed by atoms with Crippen LogP contribution in [0.25, 0.3) is 11.1 Å². The van der Waals surface area contributed by atoms with Gasteiger partial charge in [-0.05, 0) is 78.3 Å². The van der Waals surface area contributed by atoms with Gasteiger partial charge < -0.3 is 10.8 Å². The SMILES string of the molecule is CC[C@@H](c1cc(F)cc(C#N)c1)n1c(CC2CC2)nc(=O)c(S(=O)(=O)c2ccc(-c3ccccc3C(N)=O)cc2)c1O. The first-order chi connectivity index (χ1) is 20.0. The molecule has 3 aromatic carbocycles. The van der Waals surface area contributed by atoms with Gasteiger partial charge in [0, 0.05) is 12.0 Å². The Kier molecular flexibility index (Phi) is 7.67. The molecule has 1 heterocycles. The molecule has 1 aliphatic rings. The molecule has 0 spiro atoms. The van der Waals surface area contributed by atoms with Gasteiger partial charge in [-0.15, -0.1) is 0 Å². The van der Waals surface area contributed by atoms with Crippen LogP contribution < -0.4 is 11.3 Å². The van der Waals surface area contributed by atoms with E-state index in [-0.39, 0.29) is 34.2 Å². The minimum atomic E-state index is -4.59. The fourth-order valence-electron chi connectivity index (χ4n) is 5.15. The first-order valence-corrected chi connectivity index (χ1v) is 14.8. The third-order valence-electron chi connectivity index (χ3n) is 7.37. The number of carbonyl (C=O) groups excluding carboxylic acids is 1. The number of hydrogen-bond acceptors (Lipinski definition) is 7. The Hall–Kier alpha value is -4.82. The average molecular weight is 587 g/mol. The predicted molar refractivity (Wildman–Crippen MR) is 152 cm³/mol. The number of aromatic nitrogens is 2. The number of nitriles is 1. The molecule has 1 fully saturated rings. The number of nitrogens with two attached hydrogens (primary N) is 1. The Morgan fingerprint density at radius 1 is 1.17 bits per heavy atom. The number of benzene rings is 3. The van der Waals surface area contributed by atoms with Crippen molar-refractivity contribution < 1.29 is 22.7 Å². The molecule has 0 aliphatic heterocycles. The molecule has 1 amide bonds. The van der Waals surface area contributed by atoms with Crippen molar-refractivity contribution >= 4 is 15.7 Å². The molecule has 11 heteroatoms. The lowest BCUT2D eigenvalue weighted by atomic mass is 9.99. The maximum absolute atomic E-state index is 14.4. The van der Waals surface area contributed by atoms with Gasteiger partial charge in [0.2, 0.25) is 21.6 Å². The molecular formula is C31H27FN4O5S. The zero-order valence-corrected chi connectivity index (χ0v) is 23.4. The van der Waals surface area contributed by atoms with E-state index in [0.29, 0.717) is 23.1 Å². The highest BCUT2D eigenvalue weighted by Gasteiger charge is 2.34. The van der Waals surface area contributed by atoms with E-state index in [1.807, 2.05) is 6.07 Å². The lowest BCUT2D eigenvalue weighted by Crippen LogP contribution is -2.28. The number of nitrogens with zero attached hydrogens (tertiary/aromatic N) is 3. The number of rotatable bonds is 9.